The van der Waals surface area contributed by atoms with E-state index < -0.39 is 18.1 Å². The molecule has 0 radical (unpaired) electrons. The standard InChI is InChI=1S/C52H97NO7/c1-6-8-10-12-14-16-18-20-22-24-26-28-30-32-34-36-38-40-42-50(54)59-47-48(46-58-45-44-49(52(56)57)53(3,4)5)60-51(55)43-41-39-37-35-33-31-29-27-25-23-21-19-17-15-13-11-9-7-2/h23,25,27,29,48-49H,6-22,24,26,28,30-47H2,1-5H3/p+1/b25-23+,29-27+. The molecule has 0 fully saturated rings. The lowest BCUT2D eigenvalue weighted by molar-refractivity contribution is -0.887. The summed E-state index contributed by atoms with van der Waals surface area (Å²) >= 11 is 0. The van der Waals surface area contributed by atoms with Gasteiger partial charge in [-0.15, -0.1) is 0 Å². The normalized spacial score (nSPS) is 13.0. The first-order chi connectivity index (χ1) is 29.1. The first kappa shape index (κ1) is 57.8. The van der Waals surface area contributed by atoms with E-state index in [4.69, 9.17) is 14.2 Å². The maximum atomic E-state index is 12.8. The summed E-state index contributed by atoms with van der Waals surface area (Å²) in [4.78, 5) is 37.1. The molecular formula is C52H98NO7+. The largest absolute Gasteiger partial charge is 0.477 e. The Kier molecular flexibility index (Phi) is 41.9. The number of aliphatic carboxylic acids is 1. The molecule has 0 aliphatic heterocycles. The van der Waals surface area contributed by atoms with E-state index in [9.17, 15) is 19.5 Å². The first-order valence-corrected chi connectivity index (χ1v) is 25.4. The van der Waals surface area contributed by atoms with Crippen LogP contribution in [0.15, 0.2) is 24.3 Å². The first-order valence-electron chi connectivity index (χ1n) is 25.4. The number of carboxylic acid groups (broad SMARTS) is 1. The number of carbonyl (C=O) groups excluding carboxylic acids is 2. The van der Waals surface area contributed by atoms with Gasteiger partial charge in [0.1, 0.15) is 6.61 Å². The molecule has 0 aromatic rings. The second-order valence-electron chi connectivity index (χ2n) is 18.5. The van der Waals surface area contributed by atoms with Crippen molar-refractivity contribution in [1.82, 2.24) is 0 Å². The molecule has 0 aliphatic rings. The highest BCUT2D eigenvalue weighted by atomic mass is 16.6. The number of nitrogens with zero attached hydrogens (tertiary/aromatic N) is 1. The maximum absolute atomic E-state index is 12.8. The lowest BCUT2D eigenvalue weighted by Gasteiger charge is -2.31. The zero-order chi connectivity index (χ0) is 44.2. The van der Waals surface area contributed by atoms with Gasteiger partial charge < -0.3 is 23.8 Å². The molecule has 0 aromatic carbocycles. The number of carboxylic acids is 1. The van der Waals surface area contributed by atoms with Crippen LogP contribution in [0.1, 0.15) is 239 Å². The van der Waals surface area contributed by atoms with E-state index in [0.29, 0.717) is 19.3 Å². The molecule has 0 saturated heterocycles. The predicted octanol–water partition coefficient (Wildman–Crippen LogP) is 14.4. The number of carbonyl (C=O) groups is 3. The number of allylic oxidation sites excluding steroid dienone is 4. The molecule has 2 unspecified atom stereocenters. The SMILES string of the molecule is CCCCCCCCC/C=C/C=C/CCCCCCCC(=O)OC(COCCC(C(=O)O)[N+](C)(C)C)COC(=O)CCCCCCCCCCCCCCCCCCCC. The highest BCUT2D eigenvalue weighted by Gasteiger charge is 2.31. The Balaban J connectivity index is 4.26. The van der Waals surface area contributed by atoms with Crippen molar-refractivity contribution in [3.63, 3.8) is 0 Å². The number of hydrogen-bond donors (Lipinski definition) is 1. The van der Waals surface area contributed by atoms with Crippen LogP contribution < -0.4 is 0 Å². The predicted molar refractivity (Wildman–Crippen MR) is 252 cm³/mol. The van der Waals surface area contributed by atoms with Gasteiger partial charge in [0.2, 0.25) is 0 Å². The van der Waals surface area contributed by atoms with Gasteiger partial charge in [0.25, 0.3) is 0 Å². The van der Waals surface area contributed by atoms with Gasteiger partial charge in [-0.3, -0.25) is 9.59 Å². The lowest BCUT2D eigenvalue weighted by atomic mass is 10.0. The molecule has 0 spiro atoms. The molecule has 0 rings (SSSR count). The third-order valence-electron chi connectivity index (χ3n) is 11.6. The summed E-state index contributed by atoms with van der Waals surface area (Å²) in [5.74, 6) is -1.47. The second-order valence-corrected chi connectivity index (χ2v) is 18.5. The number of esters is 2. The number of unbranched alkanes of at least 4 members (excludes halogenated alkanes) is 29. The topological polar surface area (TPSA) is 99.1 Å². The van der Waals surface area contributed by atoms with Crippen LogP contribution in [0.4, 0.5) is 0 Å². The van der Waals surface area contributed by atoms with E-state index in [1.54, 1.807) is 0 Å². The molecule has 60 heavy (non-hydrogen) atoms. The lowest BCUT2D eigenvalue weighted by Crippen LogP contribution is -2.50. The molecule has 0 aromatic heterocycles. The fourth-order valence-electron chi connectivity index (χ4n) is 7.67. The van der Waals surface area contributed by atoms with E-state index in [2.05, 4.69) is 38.2 Å². The summed E-state index contributed by atoms with van der Waals surface area (Å²) in [6.07, 6.45) is 49.4. The van der Waals surface area contributed by atoms with Crippen molar-refractivity contribution in [3.8, 4) is 0 Å². The van der Waals surface area contributed by atoms with Gasteiger partial charge >= 0.3 is 17.9 Å². The van der Waals surface area contributed by atoms with Gasteiger partial charge in [-0.25, -0.2) is 4.79 Å². The third kappa shape index (κ3) is 41.2. The Hall–Kier alpha value is -2.19. The Morgan fingerprint density at radius 3 is 1.25 bits per heavy atom. The minimum Gasteiger partial charge on any atom is -0.477 e. The number of hydrogen-bond acceptors (Lipinski definition) is 6. The van der Waals surface area contributed by atoms with Gasteiger partial charge in [-0.2, -0.15) is 0 Å². The molecule has 8 heteroatoms. The van der Waals surface area contributed by atoms with Gasteiger partial charge in [0.15, 0.2) is 12.1 Å². The zero-order valence-corrected chi connectivity index (χ0v) is 40.2. The molecule has 2 atom stereocenters. The molecular weight excluding hydrogens is 751 g/mol. The summed E-state index contributed by atoms with van der Waals surface area (Å²) in [7, 11) is 5.54. The van der Waals surface area contributed by atoms with Crippen molar-refractivity contribution in [2.24, 2.45) is 0 Å². The van der Waals surface area contributed by atoms with Gasteiger partial charge in [-0.05, 0) is 38.5 Å². The van der Waals surface area contributed by atoms with Gasteiger partial charge in [0.05, 0.1) is 34.4 Å². The third-order valence-corrected chi connectivity index (χ3v) is 11.6. The van der Waals surface area contributed by atoms with Crippen LogP contribution in [0.25, 0.3) is 0 Å². The Morgan fingerprint density at radius 1 is 0.500 bits per heavy atom. The molecule has 352 valence electrons. The molecule has 1 N–H and O–H groups in total. The van der Waals surface area contributed by atoms with E-state index >= 15 is 0 Å². The van der Waals surface area contributed by atoms with E-state index in [0.717, 1.165) is 57.8 Å². The van der Waals surface area contributed by atoms with Crippen LogP contribution in [0.5, 0.6) is 0 Å². The second kappa shape index (κ2) is 43.5. The summed E-state index contributed by atoms with van der Waals surface area (Å²) in [6, 6.07) is -0.615. The van der Waals surface area contributed by atoms with E-state index in [-0.39, 0.29) is 36.2 Å². The molecule has 0 aliphatic carbocycles. The Bertz CT molecular complexity index is 1040. The fourth-order valence-corrected chi connectivity index (χ4v) is 7.67. The Labute approximate surface area is 371 Å². The number of quaternary nitrogens is 1. The average molecular weight is 849 g/mol. The summed E-state index contributed by atoms with van der Waals surface area (Å²) in [6.45, 7) is 4.75. The highest BCUT2D eigenvalue weighted by Crippen LogP contribution is 2.16. The van der Waals surface area contributed by atoms with Crippen molar-refractivity contribution in [3.05, 3.63) is 24.3 Å². The van der Waals surface area contributed by atoms with Gasteiger partial charge in [-0.1, -0.05) is 205 Å². The van der Waals surface area contributed by atoms with Crippen molar-refractivity contribution in [2.75, 3.05) is 41.0 Å². The van der Waals surface area contributed by atoms with Crippen LogP contribution in [0.2, 0.25) is 0 Å². The van der Waals surface area contributed by atoms with Crippen LogP contribution in [0, 0.1) is 0 Å². The monoisotopic (exact) mass is 849 g/mol. The van der Waals surface area contributed by atoms with E-state index in [1.165, 1.54) is 148 Å². The molecule has 0 bridgehead atoms. The number of rotatable bonds is 46. The molecule has 8 nitrogen and oxygen atoms in total. The number of ether oxygens (including phenoxy) is 3. The highest BCUT2D eigenvalue weighted by molar-refractivity contribution is 5.72. The van der Waals surface area contributed by atoms with Crippen molar-refractivity contribution in [2.45, 2.75) is 251 Å². The van der Waals surface area contributed by atoms with Crippen LogP contribution in [0.3, 0.4) is 0 Å². The Morgan fingerprint density at radius 2 is 0.867 bits per heavy atom. The maximum Gasteiger partial charge on any atom is 0.362 e. The smallest absolute Gasteiger partial charge is 0.362 e. The molecule has 0 heterocycles. The summed E-state index contributed by atoms with van der Waals surface area (Å²) in [5.41, 5.74) is 0. The van der Waals surface area contributed by atoms with E-state index in [1.807, 2.05) is 21.1 Å². The minimum absolute atomic E-state index is 0.0524. The van der Waals surface area contributed by atoms with Crippen molar-refractivity contribution in [1.29, 1.82) is 0 Å². The van der Waals surface area contributed by atoms with Crippen LogP contribution in [-0.2, 0) is 28.6 Å². The summed E-state index contributed by atoms with van der Waals surface area (Å²) < 4.78 is 17.3. The zero-order valence-electron chi connectivity index (χ0n) is 40.2. The van der Waals surface area contributed by atoms with Crippen LogP contribution >= 0.6 is 0 Å². The van der Waals surface area contributed by atoms with Crippen molar-refractivity contribution >= 4 is 17.9 Å². The van der Waals surface area contributed by atoms with Crippen LogP contribution in [-0.4, -0.2) is 80.6 Å². The fraction of sp³-hybridized carbons (Fsp3) is 0.865. The van der Waals surface area contributed by atoms with Gasteiger partial charge in [0, 0.05) is 19.3 Å². The summed E-state index contributed by atoms with van der Waals surface area (Å²) in [5, 5.41) is 9.65. The van der Waals surface area contributed by atoms with Crippen molar-refractivity contribution < 1.29 is 38.2 Å². The minimum atomic E-state index is -0.874. The molecule has 0 amide bonds. The quantitative estimate of drug-likeness (QED) is 0.0282. The average Bonchev–Trinajstić information content (AvgIpc) is 3.21. The molecule has 0 saturated carbocycles. The number of likely N-dealkylation sites (N-methyl/N-ethyl adjacent to an activating group) is 1.